The van der Waals surface area contributed by atoms with E-state index in [9.17, 15) is 4.79 Å². The largest absolute Gasteiger partial charge is 0.496 e. The maximum atomic E-state index is 12.5. The van der Waals surface area contributed by atoms with E-state index in [0.717, 1.165) is 42.3 Å². The van der Waals surface area contributed by atoms with E-state index in [2.05, 4.69) is 32.3 Å². The predicted molar refractivity (Wildman–Crippen MR) is 113 cm³/mol. The van der Waals surface area contributed by atoms with Crippen molar-refractivity contribution in [2.45, 2.75) is 25.8 Å². The molecule has 4 rings (SSSR count). The minimum absolute atomic E-state index is 0.00236. The Morgan fingerprint density at radius 3 is 2.90 bits per heavy atom. The van der Waals surface area contributed by atoms with Crippen LogP contribution in [-0.4, -0.2) is 29.5 Å². The number of para-hydroxylation sites is 1. The lowest BCUT2D eigenvalue weighted by atomic mass is 9.99. The topological polar surface area (TPSA) is 67.3 Å². The molecule has 2 aromatic carbocycles. The summed E-state index contributed by atoms with van der Waals surface area (Å²) in [5.41, 5.74) is 4.39. The van der Waals surface area contributed by atoms with Gasteiger partial charge in [0.05, 0.1) is 13.3 Å². The lowest BCUT2D eigenvalue weighted by molar-refractivity contribution is -0.116. The highest BCUT2D eigenvalue weighted by Crippen LogP contribution is 2.25. The molecule has 0 radical (unpaired) electrons. The molecule has 6 heteroatoms. The van der Waals surface area contributed by atoms with E-state index in [0.29, 0.717) is 12.8 Å². The van der Waals surface area contributed by atoms with Gasteiger partial charge in [0, 0.05) is 37.6 Å². The second-order valence-corrected chi connectivity index (χ2v) is 7.08. The highest BCUT2D eigenvalue weighted by molar-refractivity contribution is 5.91. The summed E-state index contributed by atoms with van der Waals surface area (Å²) in [5, 5.41) is 3.03. The van der Waals surface area contributed by atoms with Gasteiger partial charge in [-0.25, -0.2) is 4.98 Å². The lowest BCUT2D eigenvalue weighted by Crippen LogP contribution is -2.31. The highest BCUT2D eigenvalue weighted by atomic mass is 16.5. The monoisotopic (exact) mass is 388 g/mol. The van der Waals surface area contributed by atoms with Gasteiger partial charge in [-0.3, -0.25) is 9.78 Å². The standard InChI is InChI=1S/C23H24N4O2/c1-29-21-5-3-2-4-18(21)7-9-23(28)26-20-8-6-17-10-13-27(16-19(17)14-20)22-15-24-11-12-25-22/h2-6,8,11-12,14-15H,7,9-10,13,16H2,1H3,(H,26,28). The number of amides is 1. The summed E-state index contributed by atoms with van der Waals surface area (Å²) in [5.74, 6) is 1.69. The molecule has 148 valence electrons. The number of anilines is 2. The van der Waals surface area contributed by atoms with E-state index in [1.165, 1.54) is 11.1 Å². The Morgan fingerprint density at radius 2 is 2.07 bits per heavy atom. The molecule has 0 fully saturated rings. The maximum Gasteiger partial charge on any atom is 0.224 e. The summed E-state index contributed by atoms with van der Waals surface area (Å²) in [4.78, 5) is 23.2. The van der Waals surface area contributed by atoms with Crippen molar-refractivity contribution in [2.75, 3.05) is 23.9 Å². The first-order chi connectivity index (χ1) is 14.2. The van der Waals surface area contributed by atoms with E-state index in [1.807, 2.05) is 30.3 Å². The van der Waals surface area contributed by atoms with Crippen molar-refractivity contribution in [1.29, 1.82) is 0 Å². The molecular weight excluding hydrogens is 364 g/mol. The summed E-state index contributed by atoms with van der Waals surface area (Å²) in [6.07, 6.45) is 7.18. The zero-order chi connectivity index (χ0) is 20.1. The van der Waals surface area contributed by atoms with E-state index in [1.54, 1.807) is 25.7 Å². The summed E-state index contributed by atoms with van der Waals surface area (Å²) >= 11 is 0. The van der Waals surface area contributed by atoms with Crippen molar-refractivity contribution in [1.82, 2.24) is 9.97 Å². The van der Waals surface area contributed by atoms with Crippen LogP contribution >= 0.6 is 0 Å². The zero-order valence-corrected chi connectivity index (χ0v) is 16.5. The molecule has 1 N–H and O–H groups in total. The number of carbonyl (C=O) groups is 1. The molecular formula is C23H24N4O2. The van der Waals surface area contributed by atoms with Gasteiger partial charge in [0.1, 0.15) is 11.6 Å². The molecule has 1 aliphatic heterocycles. The number of benzene rings is 2. The van der Waals surface area contributed by atoms with Crippen LogP contribution < -0.4 is 15.0 Å². The van der Waals surface area contributed by atoms with Crippen LogP contribution in [0.15, 0.2) is 61.1 Å². The molecule has 0 spiro atoms. The minimum Gasteiger partial charge on any atom is -0.496 e. The van der Waals surface area contributed by atoms with Gasteiger partial charge in [-0.05, 0) is 47.7 Å². The summed E-state index contributed by atoms with van der Waals surface area (Å²) < 4.78 is 5.36. The highest BCUT2D eigenvalue weighted by Gasteiger charge is 2.18. The van der Waals surface area contributed by atoms with E-state index in [-0.39, 0.29) is 5.91 Å². The van der Waals surface area contributed by atoms with Crippen molar-refractivity contribution < 1.29 is 9.53 Å². The molecule has 29 heavy (non-hydrogen) atoms. The molecule has 6 nitrogen and oxygen atoms in total. The van der Waals surface area contributed by atoms with Gasteiger partial charge >= 0.3 is 0 Å². The number of carbonyl (C=O) groups excluding carboxylic acids is 1. The molecule has 0 unspecified atom stereocenters. The molecule has 0 saturated carbocycles. The van der Waals surface area contributed by atoms with Crippen molar-refractivity contribution >= 4 is 17.4 Å². The Bertz CT molecular complexity index is 991. The van der Waals surface area contributed by atoms with Gasteiger partial charge in [0.25, 0.3) is 0 Å². The first-order valence-electron chi connectivity index (χ1n) is 9.77. The number of nitrogens with one attached hydrogen (secondary N) is 1. The van der Waals surface area contributed by atoms with Crippen LogP contribution in [0.2, 0.25) is 0 Å². The van der Waals surface area contributed by atoms with Gasteiger partial charge in [0.2, 0.25) is 5.91 Å². The quantitative estimate of drug-likeness (QED) is 0.699. The van der Waals surface area contributed by atoms with E-state index < -0.39 is 0 Å². The van der Waals surface area contributed by atoms with E-state index in [4.69, 9.17) is 4.74 Å². The summed E-state index contributed by atoms with van der Waals surface area (Å²) in [7, 11) is 1.65. The van der Waals surface area contributed by atoms with E-state index >= 15 is 0 Å². The fraction of sp³-hybridized carbons (Fsp3) is 0.261. The average molecular weight is 388 g/mol. The Kier molecular flexibility index (Phi) is 5.70. The molecule has 1 aliphatic rings. The number of aryl methyl sites for hydroxylation is 1. The molecule has 0 bridgehead atoms. The summed E-state index contributed by atoms with van der Waals surface area (Å²) in [6, 6.07) is 14.0. The molecule has 1 aromatic heterocycles. The second kappa shape index (κ2) is 8.73. The maximum absolute atomic E-state index is 12.5. The Morgan fingerprint density at radius 1 is 1.17 bits per heavy atom. The van der Waals surface area contributed by atoms with Crippen molar-refractivity contribution in [3.05, 3.63) is 77.7 Å². The number of rotatable bonds is 6. The van der Waals surface area contributed by atoms with Crippen LogP contribution in [0.1, 0.15) is 23.1 Å². The third kappa shape index (κ3) is 4.54. The lowest BCUT2D eigenvalue weighted by Gasteiger charge is -2.29. The Balaban J connectivity index is 1.39. The number of nitrogens with zero attached hydrogens (tertiary/aromatic N) is 3. The van der Waals surface area contributed by atoms with Gasteiger partial charge < -0.3 is 15.0 Å². The second-order valence-electron chi connectivity index (χ2n) is 7.08. The molecule has 0 saturated heterocycles. The van der Waals surface area contributed by atoms with Crippen molar-refractivity contribution in [3.8, 4) is 5.75 Å². The number of hydrogen-bond donors (Lipinski definition) is 1. The Hall–Kier alpha value is -3.41. The van der Waals surface area contributed by atoms with Crippen LogP contribution in [0.5, 0.6) is 5.75 Å². The number of ether oxygens (including phenoxy) is 1. The molecule has 1 amide bonds. The molecule has 0 atom stereocenters. The van der Waals surface area contributed by atoms with Crippen LogP contribution in [-0.2, 0) is 24.2 Å². The minimum atomic E-state index is -0.00236. The van der Waals surface area contributed by atoms with Gasteiger partial charge in [0.15, 0.2) is 0 Å². The van der Waals surface area contributed by atoms with Gasteiger partial charge in [-0.2, -0.15) is 0 Å². The van der Waals surface area contributed by atoms with Gasteiger partial charge in [-0.15, -0.1) is 0 Å². The zero-order valence-electron chi connectivity index (χ0n) is 16.5. The molecule has 0 aliphatic carbocycles. The molecule has 2 heterocycles. The fourth-order valence-corrected chi connectivity index (χ4v) is 3.67. The van der Waals surface area contributed by atoms with Crippen LogP contribution in [0.4, 0.5) is 11.5 Å². The van der Waals surface area contributed by atoms with Crippen LogP contribution in [0.3, 0.4) is 0 Å². The predicted octanol–water partition coefficient (Wildman–Crippen LogP) is 3.62. The number of fused-ring (bicyclic) bond motifs is 1. The smallest absolute Gasteiger partial charge is 0.224 e. The third-order valence-electron chi connectivity index (χ3n) is 5.19. The Labute approximate surface area is 170 Å². The fourth-order valence-electron chi connectivity index (χ4n) is 3.67. The number of hydrogen-bond acceptors (Lipinski definition) is 5. The third-order valence-corrected chi connectivity index (χ3v) is 5.19. The van der Waals surface area contributed by atoms with Crippen molar-refractivity contribution in [3.63, 3.8) is 0 Å². The number of aromatic nitrogens is 2. The van der Waals surface area contributed by atoms with Gasteiger partial charge in [-0.1, -0.05) is 24.3 Å². The number of methoxy groups -OCH3 is 1. The van der Waals surface area contributed by atoms with Crippen molar-refractivity contribution in [2.24, 2.45) is 0 Å². The first-order valence-corrected chi connectivity index (χ1v) is 9.77. The van der Waals surface area contributed by atoms with Crippen LogP contribution in [0, 0.1) is 0 Å². The average Bonchev–Trinajstić information content (AvgIpc) is 2.78. The van der Waals surface area contributed by atoms with Crippen LogP contribution in [0.25, 0.3) is 0 Å². The summed E-state index contributed by atoms with van der Waals surface area (Å²) in [6.45, 7) is 1.68. The first kappa shape index (κ1) is 18.9. The molecule has 3 aromatic rings. The SMILES string of the molecule is COc1ccccc1CCC(=O)Nc1ccc2c(c1)CN(c1cnccn1)CC2. The normalized spacial score (nSPS) is 12.9.